The second-order valence-corrected chi connectivity index (χ2v) is 8.52. The summed E-state index contributed by atoms with van der Waals surface area (Å²) in [5.41, 5.74) is 5.98. The number of carbonyl (C=O) groups excluding carboxylic acids is 1. The average molecular weight is 388 g/mol. The molecular weight excluding hydrogens is 362 g/mol. The number of likely N-dealkylation sites (tertiary alicyclic amines) is 1. The third kappa shape index (κ3) is 4.34. The highest BCUT2D eigenvalue weighted by Crippen LogP contribution is 2.27. The van der Waals surface area contributed by atoms with E-state index in [1.165, 1.54) is 4.31 Å². The van der Waals surface area contributed by atoms with Gasteiger partial charge in [0.1, 0.15) is 6.04 Å². The molecular formula is C17H26ClN3O3S. The fourth-order valence-electron chi connectivity index (χ4n) is 3.59. The molecule has 8 heteroatoms. The summed E-state index contributed by atoms with van der Waals surface area (Å²) < 4.78 is 27.4. The van der Waals surface area contributed by atoms with E-state index >= 15 is 0 Å². The summed E-state index contributed by atoms with van der Waals surface area (Å²) in [6.45, 7) is 1.59. The molecule has 25 heavy (non-hydrogen) atoms. The van der Waals surface area contributed by atoms with E-state index in [0.717, 1.165) is 25.7 Å². The summed E-state index contributed by atoms with van der Waals surface area (Å²) in [5.74, 6) is -0.0932. The molecule has 0 saturated carbocycles. The normalized spacial score (nSPS) is 25.2. The van der Waals surface area contributed by atoms with Crippen molar-refractivity contribution in [2.24, 2.45) is 5.73 Å². The lowest BCUT2D eigenvalue weighted by molar-refractivity contribution is -0.137. The van der Waals surface area contributed by atoms with Gasteiger partial charge in [0.2, 0.25) is 15.9 Å². The van der Waals surface area contributed by atoms with Crippen LogP contribution in [0.5, 0.6) is 0 Å². The first-order valence-electron chi connectivity index (χ1n) is 8.61. The Balaban J connectivity index is 0.00000225. The van der Waals surface area contributed by atoms with Crippen molar-refractivity contribution in [3.05, 3.63) is 30.3 Å². The van der Waals surface area contributed by atoms with Crippen molar-refractivity contribution < 1.29 is 13.2 Å². The molecule has 0 radical (unpaired) electrons. The van der Waals surface area contributed by atoms with E-state index in [2.05, 4.69) is 0 Å². The van der Waals surface area contributed by atoms with Gasteiger partial charge in [0.05, 0.1) is 4.90 Å². The summed E-state index contributed by atoms with van der Waals surface area (Å²) >= 11 is 0. The lowest BCUT2D eigenvalue weighted by Gasteiger charge is -2.39. The minimum Gasteiger partial charge on any atom is -0.340 e. The Morgan fingerprint density at radius 2 is 1.76 bits per heavy atom. The van der Waals surface area contributed by atoms with Gasteiger partial charge in [0.25, 0.3) is 0 Å². The Morgan fingerprint density at radius 3 is 2.44 bits per heavy atom. The highest BCUT2D eigenvalue weighted by Gasteiger charge is 2.40. The van der Waals surface area contributed by atoms with Gasteiger partial charge in [0, 0.05) is 25.7 Å². The zero-order chi connectivity index (χ0) is 17.2. The summed E-state index contributed by atoms with van der Waals surface area (Å²) in [5, 5.41) is 0. The standard InChI is InChI=1S/C17H25N3O3S.ClH/c18-14-7-6-11-19(13-14)17(21)16-10-4-5-12-20(16)24(22,23)15-8-2-1-3-9-15;/h1-3,8-9,14,16H,4-7,10-13,18H2;1H. The molecule has 0 aliphatic carbocycles. The van der Waals surface area contributed by atoms with Gasteiger partial charge in [-0.15, -0.1) is 12.4 Å². The Kier molecular flexibility index (Phi) is 6.85. The van der Waals surface area contributed by atoms with Crippen LogP contribution in [-0.2, 0) is 14.8 Å². The van der Waals surface area contributed by atoms with Gasteiger partial charge < -0.3 is 10.6 Å². The molecule has 6 nitrogen and oxygen atoms in total. The van der Waals surface area contributed by atoms with Crippen molar-refractivity contribution in [3.63, 3.8) is 0 Å². The molecule has 0 spiro atoms. The molecule has 3 rings (SSSR count). The topological polar surface area (TPSA) is 83.7 Å². The van der Waals surface area contributed by atoms with Crippen molar-refractivity contribution in [1.82, 2.24) is 9.21 Å². The molecule has 2 aliphatic heterocycles. The van der Waals surface area contributed by atoms with Crippen LogP contribution in [-0.4, -0.2) is 55.2 Å². The van der Waals surface area contributed by atoms with Crippen LogP contribution >= 0.6 is 12.4 Å². The molecule has 0 aromatic heterocycles. The van der Waals surface area contributed by atoms with E-state index < -0.39 is 16.1 Å². The fourth-order valence-corrected chi connectivity index (χ4v) is 5.26. The van der Waals surface area contributed by atoms with E-state index in [0.29, 0.717) is 26.1 Å². The van der Waals surface area contributed by atoms with Crippen LogP contribution in [0, 0.1) is 0 Å². The van der Waals surface area contributed by atoms with Gasteiger partial charge in [-0.05, 0) is 37.8 Å². The summed E-state index contributed by atoms with van der Waals surface area (Å²) in [4.78, 5) is 14.9. The van der Waals surface area contributed by atoms with Crippen LogP contribution < -0.4 is 5.73 Å². The zero-order valence-electron chi connectivity index (χ0n) is 14.2. The van der Waals surface area contributed by atoms with E-state index in [-0.39, 0.29) is 29.3 Å². The zero-order valence-corrected chi connectivity index (χ0v) is 15.8. The monoisotopic (exact) mass is 387 g/mol. The molecule has 2 saturated heterocycles. The molecule has 0 bridgehead atoms. The number of hydrogen-bond donors (Lipinski definition) is 1. The summed E-state index contributed by atoms with van der Waals surface area (Å²) in [7, 11) is -3.65. The largest absolute Gasteiger partial charge is 0.340 e. The summed E-state index contributed by atoms with van der Waals surface area (Å²) in [6.07, 6.45) is 4.04. The number of nitrogens with two attached hydrogens (primary N) is 1. The number of hydrogen-bond acceptors (Lipinski definition) is 4. The van der Waals surface area contributed by atoms with Gasteiger partial charge in [-0.1, -0.05) is 24.6 Å². The number of nitrogens with zero attached hydrogens (tertiary/aromatic N) is 2. The Hall–Kier alpha value is -1.15. The minimum absolute atomic E-state index is 0. The van der Waals surface area contributed by atoms with E-state index in [1.54, 1.807) is 35.2 Å². The van der Waals surface area contributed by atoms with E-state index in [4.69, 9.17) is 5.73 Å². The van der Waals surface area contributed by atoms with Gasteiger partial charge >= 0.3 is 0 Å². The Labute approximate surface area is 155 Å². The number of rotatable bonds is 3. The maximum absolute atomic E-state index is 13.0. The number of sulfonamides is 1. The lowest BCUT2D eigenvalue weighted by Crippen LogP contribution is -2.56. The molecule has 2 aliphatic rings. The Morgan fingerprint density at radius 1 is 1.04 bits per heavy atom. The van der Waals surface area contributed by atoms with Crippen molar-refractivity contribution in [2.45, 2.75) is 49.1 Å². The van der Waals surface area contributed by atoms with Crippen molar-refractivity contribution in [1.29, 1.82) is 0 Å². The van der Waals surface area contributed by atoms with Gasteiger partial charge in [0.15, 0.2) is 0 Å². The van der Waals surface area contributed by atoms with Gasteiger partial charge in [-0.25, -0.2) is 8.42 Å². The van der Waals surface area contributed by atoms with Gasteiger partial charge in [-0.3, -0.25) is 4.79 Å². The molecule has 2 N–H and O–H groups in total. The van der Waals surface area contributed by atoms with E-state index in [1.807, 2.05) is 0 Å². The van der Waals surface area contributed by atoms with Crippen molar-refractivity contribution in [3.8, 4) is 0 Å². The Bertz CT molecular complexity index is 684. The van der Waals surface area contributed by atoms with Gasteiger partial charge in [-0.2, -0.15) is 4.31 Å². The van der Waals surface area contributed by atoms with Crippen LogP contribution in [0.1, 0.15) is 32.1 Å². The minimum atomic E-state index is -3.65. The highest BCUT2D eigenvalue weighted by atomic mass is 35.5. The van der Waals surface area contributed by atoms with E-state index in [9.17, 15) is 13.2 Å². The predicted molar refractivity (Wildman–Crippen MR) is 99.0 cm³/mol. The molecule has 2 unspecified atom stereocenters. The first-order valence-corrected chi connectivity index (χ1v) is 10.1. The van der Waals surface area contributed by atoms with Crippen LogP contribution in [0.2, 0.25) is 0 Å². The first-order chi connectivity index (χ1) is 11.5. The number of amides is 1. The predicted octanol–water partition coefficient (Wildman–Crippen LogP) is 1.60. The molecule has 2 atom stereocenters. The molecule has 2 fully saturated rings. The second kappa shape index (κ2) is 8.49. The maximum atomic E-state index is 13.0. The first kappa shape index (κ1) is 20.2. The van der Waals surface area contributed by atoms with Crippen molar-refractivity contribution in [2.75, 3.05) is 19.6 Å². The molecule has 1 amide bonds. The summed E-state index contributed by atoms with van der Waals surface area (Å²) in [6, 6.07) is 7.76. The van der Waals surface area contributed by atoms with Crippen LogP contribution in [0.4, 0.5) is 0 Å². The molecule has 1 aromatic carbocycles. The fraction of sp³-hybridized carbons (Fsp3) is 0.588. The average Bonchev–Trinajstić information content (AvgIpc) is 2.62. The SMILES string of the molecule is Cl.NC1CCCN(C(=O)C2CCCCN2S(=O)(=O)c2ccccc2)C1. The quantitative estimate of drug-likeness (QED) is 0.853. The lowest BCUT2D eigenvalue weighted by atomic mass is 10.0. The maximum Gasteiger partial charge on any atom is 0.243 e. The molecule has 140 valence electrons. The third-order valence-corrected chi connectivity index (χ3v) is 6.78. The number of benzene rings is 1. The van der Waals surface area contributed by atoms with Crippen LogP contribution in [0.3, 0.4) is 0 Å². The van der Waals surface area contributed by atoms with Crippen molar-refractivity contribution >= 4 is 28.3 Å². The molecule has 2 heterocycles. The highest BCUT2D eigenvalue weighted by molar-refractivity contribution is 7.89. The number of piperidine rings is 2. The third-order valence-electron chi connectivity index (χ3n) is 4.86. The van der Waals surface area contributed by atoms with Crippen LogP contribution in [0.15, 0.2) is 35.2 Å². The molecule has 1 aromatic rings. The van der Waals surface area contributed by atoms with Crippen LogP contribution in [0.25, 0.3) is 0 Å². The smallest absolute Gasteiger partial charge is 0.243 e. The second-order valence-electron chi connectivity index (χ2n) is 6.63. The number of halogens is 1. The number of carbonyl (C=O) groups is 1.